The SMILES string of the molecule is CCc1cc(C(=O)N2CCCCCC2C)nc2cc(-c3ccc(CC(=O)C4(C)CC4)cc3F)nn12.CCc1cc(C(=O)N2CCCCCC2C)nc2cc(-c3ccc(CC(=O)CC#N)cc3F)nn12.CCc1cc(C(=O)N2CCCCCC2C)nc2cc(-c3ccc(CC(=O)CCOC)cc3F)nn12.CCc1cc(C(=O)N2CCCCCC2C)nc2cc(-c3ccc(NC(=O)CC4CCCCN(C)C4=O)cc3)nn12. The second-order valence-electron chi connectivity index (χ2n) is 39.8. The number of benzene rings is 4. The molecule has 5 aliphatic heterocycles. The topological polar surface area (TPSA) is 336 Å². The van der Waals surface area contributed by atoms with Gasteiger partial charge < -0.3 is 34.6 Å². The third-order valence-corrected chi connectivity index (χ3v) is 29.1. The van der Waals surface area contributed by atoms with Crippen LogP contribution < -0.4 is 5.32 Å². The molecule has 4 aromatic carbocycles. The number of Topliss-reactive ketones (excluding diaryl/α,β-unsaturated/α-hetero) is 3. The summed E-state index contributed by atoms with van der Waals surface area (Å²) in [5.74, 6) is -1.99. The summed E-state index contributed by atoms with van der Waals surface area (Å²) >= 11 is 0. The van der Waals surface area contributed by atoms with E-state index in [1.807, 2.05) is 107 Å². The smallest absolute Gasteiger partial charge is 0.272 e. The van der Waals surface area contributed by atoms with Crippen LogP contribution in [-0.4, -0.2) is 213 Å². The zero-order chi connectivity index (χ0) is 102. The van der Waals surface area contributed by atoms with Crippen LogP contribution in [-0.2, 0) is 73.7 Å². The summed E-state index contributed by atoms with van der Waals surface area (Å²) in [5.41, 5.74) is 13.5. The Kier molecular flexibility index (Phi) is 34.7. The first-order valence-electron chi connectivity index (χ1n) is 51.7. The maximum Gasteiger partial charge on any atom is 0.272 e. The van der Waals surface area contributed by atoms with Crippen molar-refractivity contribution >= 4 is 81.1 Å². The van der Waals surface area contributed by atoms with Crippen molar-refractivity contribution in [2.75, 3.05) is 58.8 Å². The van der Waals surface area contributed by atoms with Gasteiger partial charge in [-0.1, -0.05) is 123 Å². The number of aryl methyl sites for hydroxylation is 4. The van der Waals surface area contributed by atoms with Crippen molar-refractivity contribution in [2.45, 2.75) is 286 Å². The Bertz CT molecular complexity index is 6770. The van der Waals surface area contributed by atoms with Gasteiger partial charge in [-0.3, -0.25) is 43.2 Å². The molecule has 5 saturated heterocycles. The van der Waals surface area contributed by atoms with Crippen molar-refractivity contribution in [2.24, 2.45) is 11.3 Å². The van der Waals surface area contributed by atoms with E-state index in [9.17, 15) is 47.5 Å². The van der Waals surface area contributed by atoms with Crippen molar-refractivity contribution < 1.29 is 61.1 Å². The van der Waals surface area contributed by atoms with Crippen molar-refractivity contribution in [3.8, 4) is 51.1 Å². The van der Waals surface area contributed by atoms with Gasteiger partial charge >= 0.3 is 0 Å². The van der Waals surface area contributed by atoms with Gasteiger partial charge in [0.05, 0.1) is 41.9 Å². The minimum absolute atomic E-state index is 0.000517. The Balaban J connectivity index is 0.000000145. The number of nitrogens with one attached hydrogen (secondary N) is 1. The fourth-order valence-electron chi connectivity index (χ4n) is 20.1. The average Bonchev–Trinajstić information content (AvgIpc) is 1.61. The number of hydrogen-bond acceptors (Lipinski definition) is 19. The molecule has 144 heavy (non-hydrogen) atoms. The van der Waals surface area contributed by atoms with Gasteiger partial charge in [-0.15, -0.1) is 0 Å². The second kappa shape index (κ2) is 47.8. The van der Waals surface area contributed by atoms with Crippen LogP contribution in [0.15, 0.2) is 127 Å². The summed E-state index contributed by atoms with van der Waals surface area (Å²) in [6, 6.07) is 38.7. The highest BCUT2D eigenvalue weighted by molar-refractivity contribution is 5.97. The molecule has 5 unspecified atom stereocenters. The lowest BCUT2D eigenvalue weighted by molar-refractivity contribution is -0.135. The fraction of sp³-hybridized carbons (Fsp3) is 0.482. The minimum atomic E-state index is -0.501. The molecule has 12 aromatic rings. The number of carbonyl (C=O) groups excluding carboxylic acids is 9. The third-order valence-electron chi connectivity index (χ3n) is 29.1. The van der Waals surface area contributed by atoms with Crippen molar-refractivity contribution in [3.05, 3.63) is 207 Å². The Morgan fingerprint density at radius 1 is 0.431 bits per heavy atom. The van der Waals surface area contributed by atoms with E-state index in [0.717, 1.165) is 208 Å². The maximum atomic E-state index is 15.1. The Labute approximate surface area is 839 Å². The molecule has 0 radical (unpaired) electrons. The summed E-state index contributed by atoms with van der Waals surface area (Å²) in [5, 5.41) is 30.1. The standard InChI is InChI=1S/C31H40N6O3.C28H33FN4O2.C27H33FN4O3.C26H28FN5O2/c1-4-25-19-27(31(40)36-17-8-5-6-10-21(36)2)33-28-20-26(34-37(25)28)22-12-14-24(15-13-22)32-29(38)18-23-11-7-9-16-35(3)30(23)39;1-4-20-16-24(27(35)32-13-7-5-6-8-18(32)2)30-26-17-23(31-33(20)26)21-10-9-19(14-22(21)29)15-25(34)28(3)11-12-28;1-4-20-16-25(27(34)31-12-7-5-6-8-18(31)2)29-26-17-24(30-32(20)26)22-10-9-19(15-23(22)28)14-21(33)11-13-35-3;1-3-19-15-24(26(34)31-12-6-4-5-7-17(31)2)29-25-16-23(30-32(19)25)21-9-8-18(14-22(21)27)13-20(33)10-11-28/h12-15,19-21,23H,4-11,16-18H2,1-3H3,(H,32,38);9-10,14,16-18H,4-8,11-13,15H2,1-3H3;9-10,15-18H,4-8,11-14H2,1-3H3;8-9,14-17H,3-7,10,12-13H2,1-2H3. The van der Waals surface area contributed by atoms with Crippen LogP contribution in [0.4, 0.5) is 18.9 Å². The quantitative estimate of drug-likeness (QED) is 0.0526. The summed E-state index contributed by atoms with van der Waals surface area (Å²) in [6.07, 6.45) is 25.1. The fourth-order valence-corrected chi connectivity index (χ4v) is 20.1. The van der Waals surface area contributed by atoms with E-state index < -0.39 is 17.5 Å². The predicted octanol–water partition coefficient (Wildman–Crippen LogP) is 19.5. The molecule has 6 amide bonds. The van der Waals surface area contributed by atoms with Crippen LogP contribution >= 0.6 is 0 Å². The number of anilines is 1. The molecular weight excluding hydrogens is 1830 g/mol. The van der Waals surface area contributed by atoms with Crippen molar-refractivity contribution in [1.29, 1.82) is 5.26 Å². The first-order valence-corrected chi connectivity index (χ1v) is 51.7. The first kappa shape index (κ1) is 105. The van der Waals surface area contributed by atoms with E-state index in [-0.39, 0.29) is 126 Å². The van der Waals surface area contributed by atoms with E-state index >= 15 is 8.78 Å². The molecule has 13 heterocycles. The van der Waals surface area contributed by atoms with Gasteiger partial charge in [-0.2, -0.15) is 25.7 Å². The number of carbonyl (C=O) groups is 9. The van der Waals surface area contributed by atoms with Crippen molar-refractivity contribution in [3.63, 3.8) is 0 Å². The van der Waals surface area contributed by atoms with E-state index in [0.29, 0.717) is 128 Å². The number of rotatable bonds is 26. The number of amides is 6. The molecule has 29 nitrogen and oxygen atoms in total. The normalized spacial score (nSPS) is 18.2. The summed E-state index contributed by atoms with van der Waals surface area (Å²) < 4.78 is 56.8. The highest BCUT2D eigenvalue weighted by Gasteiger charge is 2.44. The predicted molar refractivity (Wildman–Crippen MR) is 545 cm³/mol. The lowest BCUT2D eigenvalue weighted by Crippen LogP contribution is -2.38. The number of methoxy groups -OCH3 is 1. The lowest BCUT2D eigenvalue weighted by Gasteiger charge is -2.27. The number of ether oxygens (including phenoxy) is 1. The Hall–Kier alpha value is -13.6. The summed E-state index contributed by atoms with van der Waals surface area (Å²) in [7, 11) is 3.36. The number of nitrogens with zero attached hydrogens (tertiary/aromatic N) is 18. The van der Waals surface area contributed by atoms with E-state index in [2.05, 4.69) is 70.2 Å². The number of hydrogen-bond donors (Lipinski definition) is 1. The maximum absolute atomic E-state index is 15.1. The Morgan fingerprint density at radius 2 is 0.771 bits per heavy atom. The van der Waals surface area contributed by atoms with Gasteiger partial charge in [0.25, 0.3) is 23.6 Å². The summed E-state index contributed by atoms with van der Waals surface area (Å²) in [4.78, 5) is 143. The molecule has 1 N–H and O–H groups in total. The number of aromatic nitrogens is 12. The van der Waals surface area contributed by atoms with Gasteiger partial charge in [0.1, 0.15) is 51.8 Å². The molecule has 1 aliphatic carbocycles. The van der Waals surface area contributed by atoms with Gasteiger partial charge in [-0.25, -0.2) is 51.2 Å². The van der Waals surface area contributed by atoms with Crippen LogP contribution in [0.2, 0.25) is 0 Å². The molecule has 0 bridgehead atoms. The average molecular weight is 1960 g/mol. The number of fused-ring (bicyclic) bond motifs is 4. The zero-order valence-corrected chi connectivity index (χ0v) is 84.9. The minimum Gasteiger partial charge on any atom is -0.384 e. The van der Waals surface area contributed by atoms with E-state index in [4.69, 9.17) is 20.1 Å². The summed E-state index contributed by atoms with van der Waals surface area (Å²) in [6.45, 7) is 22.5. The number of likely N-dealkylation sites (tertiary alicyclic amines) is 5. The molecule has 5 atom stereocenters. The lowest BCUT2D eigenvalue weighted by atomic mass is 9.96. The number of nitriles is 1. The van der Waals surface area contributed by atoms with Crippen LogP contribution in [0.1, 0.15) is 298 Å². The molecular formula is C112H134F3N19O10. The van der Waals surface area contributed by atoms with Gasteiger partial charge in [0.2, 0.25) is 11.8 Å². The van der Waals surface area contributed by atoms with Gasteiger partial charge in [-0.05, 0) is 220 Å². The Morgan fingerprint density at radius 3 is 1.12 bits per heavy atom. The molecule has 8 aromatic heterocycles. The van der Waals surface area contributed by atoms with Crippen LogP contribution in [0.25, 0.3) is 67.6 Å². The largest absolute Gasteiger partial charge is 0.384 e. The molecule has 32 heteroatoms. The zero-order valence-electron chi connectivity index (χ0n) is 84.9. The molecule has 758 valence electrons. The van der Waals surface area contributed by atoms with Crippen LogP contribution in [0, 0.1) is 40.1 Å². The molecule has 6 aliphatic rings. The van der Waals surface area contributed by atoms with Gasteiger partial charge in [0, 0.05) is 189 Å². The van der Waals surface area contributed by atoms with E-state index in [1.165, 1.54) is 18.2 Å². The molecule has 6 fully saturated rings. The molecule has 18 rings (SSSR count). The second-order valence-corrected chi connectivity index (χ2v) is 39.8. The highest BCUT2D eigenvalue weighted by Crippen LogP contribution is 2.47. The van der Waals surface area contributed by atoms with E-state index in [1.54, 1.807) is 92.3 Å². The number of ketones is 3. The van der Waals surface area contributed by atoms with Gasteiger partial charge in [0.15, 0.2) is 28.4 Å². The third kappa shape index (κ3) is 25.1. The molecule has 1 saturated carbocycles. The van der Waals surface area contributed by atoms with Crippen molar-refractivity contribution in [1.82, 2.24) is 82.9 Å². The molecule has 0 spiro atoms. The highest BCUT2D eigenvalue weighted by atomic mass is 19.1. The first-order chi connectivity index (χ1) is 69.4. The van der Waals surface area contributed by atoms with Crippen LogP contribution in [0.5, 0.6) is 0 Å². The van der Waals surface area contributed by atoms with Crippen LogP contribution in [0.3, 0.4) is 0 Å². The monoisotopic (exact) mass is 1960 g/mol. The number of halogens is 3.